The lowest BCUT2D eigenvalue weighted by Crippen LogP contribution is -2.27. The molecule has 21 heavy (non-hydrogen) atoms. The first kappa shape index (κ1) is 13.8. The largest absolute Gasteiger partial charge is 0.356 e. The number of carbonyl (C=O) groups is 1. The first-order valence-electron chi connectivity index (χ1n) is 7.23. The molecule has 1 N–H and O–H groups in total. The Morgan fingerprint density at radius 1 is 1.38 bits per heavy atom. The summed E-state index contributed by atoms with van der Waals surface area (Å²) in [6.07, 6.45) is 7.17. The van der Waals surface area contributed by atoms with Crippen molar-refractivity contribution in [1.29, 1.82) is 0 Å². The predicted octanol–water partition coefficient (Wildman–Crippen LogP) is 2.33. The Balaban J connectivity index is 1.40. The van der Waals surface area contributed by atoms with E-state index < -0.39 is 0 Å². The lowest BCUT2D eigenvalue weighted by Gasteiger charge is -2.05. The number of hydrogen-bond donors (Lipinski definition) is 1. The SMILES string of the molecule is O=C(NCCCn1ccnc1)C1CC1c1ccc(F)cc1. The number of carbonyl (C=O) groups excluding carboxylic acids is 1. The van der Waals surface area contributed by atoms with Crippen LogP contribution < -0.4 is 5.32 Å². The van der Waals surface area contributed by atoms with Gasteiger partial charge in [0.25, 0.3) is 0 Å². The number of imidazole rings is 1. The van der Waals surface area contributed by atoms with Crippen LogP contribution in [0, 0.1) is 11.7 Å². The van der Waals surface area contributed by atoms with E-state index >= 15 is 0 Å². The molecule has 1 fully saturated rings. The lowest BCUT2D eigenvalue weighted by atomic mass is 10.1. The summed E-state index contributed by atoms with van der Waals surface area (Å²) < 4.78 is 14.9. The van der Waals surface area contributed by atoms with E-state index in [1.165, 1.54) is 12.1 Å². The molecule has 4 nitrogen and oxygen atoms in total. The minimum Gasteiger partial charge on any atom is -0.356 e. The zero-order chi connectivity index (χ0) is 14.7. The van der Waals surface area contributed by atoms with Gasteiger partial charge in [-0.15, -0.1) is 0 Å². The van der Waals surface area contributed by atoms with Crippen LogP contribution in [0.25, 0.3) is 0 Å². The first-order chi connectivity index (χ1) is 10.2. The summed E-state index contributed by atoms with van der Waals surface area (Å²) >= 11 is 0. The minimum absolute atomic E-state index is 0.0451. The second-order valence-electron chi connectivity index (χ2n) is 5.45. The van der Waals surface area contributed by atoms with E-state index in [1.807, 2.05) is 10.8 Å². The van der Waals surface area contributed by atoms with Gasteiger partial charge in [0.15, 0.2) is 0 Å². The summed E-state index contributed by atoms with van der Waals surface area (Å²) in [6.45, 7) is 1.52. The zero-order valence-corrected chi connectivity index (χ0v) is 11.7. The highest BCUT2D eigenvalue weighted by atomic mass is 19.1. The Bertz CT molecular complexity index is 594. The van der Waals surface area contributed by atoms with Gasteiger partial charge < -0.3 is 9.88 Å². The van der Waals surface area contributed by atoms with Crippen molar-refractivity contribution in [2.75, 3.05) is 6.54 Å². The van der Waals surface area contributed by atoms with Crippen molar-refractivity contribution < 1.29 is 9.18 Å². The molecule has 1 aromatic carbocycles. The second-order valence-corrected chi connectivity index (χ2v) is 5.45. The number of nitrogens with one attached hydrogen (secondary N) is 1. The van der Waals surface area contributed by atoms with Crippen LogP contribution in [0.5, 0.6) is 0 Å². The van der Waals surface area contributed by atoms with Gasteiger partial charge in [0, 0.05) is 31.4 Å². The number of aromatic nitrogens is 2. The topological polar surface area (TPSA) is 46.9 Å². The molecule has 0 radical (unpaired) electrons. The van der Waals surface area contributed by atoms with E-state index in [0.29, 0.717) is 6.54 Å². The fourth-order valence-electron chi connectivity index (χ4n) is 2.59. The summed E-state index contributed by atoms with van der Waals surface area (Å²) in [6, 6.07) is 6.44. The van der Waals surface area contributed by atoms with E-state index in [4.69, 9.17) is 0 Å². The molecule has 1 saturated carbocycles. The number of halogens is 1. The molecule has 3 rings (SSSR count). The number of rotatable bonds is 6. The average molecular weight is 287 g/mol. The number of hydrogen-bond acceptors (Lipinski definition) is 2. The highest BCUT2D eigenvalue weighted by molar-refractivity contribution is 5.82. The van der Waals surface area contributed by atoms with Crippen LogP contribution in [0.15, 0.2) is 43.0 Å². The normalized spacial score (nSPS) is 20.2. The lowest BCUT2D eigenvalue weighted by molar-refractivity contribution is -0.122. The van der Waals surface area contributed by atoms with E-state index in [-0.39, 0.29) is 23.6 Å². The summed E-state index contributed by atoms with van der Waals surface area (Å²) in [5.74, 6) is 0.165. The van der Waals surface area contributed by atoms with Crippen molar-refractivity contribution in [2.45, 2.75) is 25.3 Å². The molecule has 0 aliphatic heterocycles. The molecule has 1 aliphatic carbocycles. The third kappa shape index (κ3) is 3.48. The quantitative estimate of drug-likeness (QED) is 0.829. The van der Waals surface area contributed by atoms with Crippen LogP contribution in [0.1, 0.15) is 24.3 Å². The molecule has 1 aliphatic rings. The number of aryl methyl sites for hydroxylation is 1. The van der Waals surface area contributed by atoms with Crippen molar-refractivity contribution >= 4 is 5.91 Å². The molecular formula is C16H18FN3O. The van der Waals surface area contributed by atoms with Crippen molar-refractivity contribution in [3.8, 4) is 0 Å². The van der Waals surface area contributed by atoms with Gasteiger partial charge >= 0.3 is 0 Å². The molecule has 1 aromatic heterocycles. The van der Waals surface area contributed by atoms with Gasteiger partial charge in [-0.3, -0.25) is 4.79 Å². The molecule has 5 heteroatoms. The highest BCUT2D eigenvalue weighted by Crippen LogP contribution is 2.47. The highest BCUT2D eigenvalue weighted by Gasteiger charge is 2.43. The van der Waals surface area contributed by atoms with Crippen LogP contribution in [-0.2, 0) is 11.3 Å². The van der Waals surface area contributed by atoms with Crippen LogP contribution in [-0.4, -0.2) is 22.0 Å². The molecule has 0 saturated heterocycles. The fraction of sp³-hybridized carbons (Fsp3) is 0.375. The van der Waals surface area contributed by atoms with Crippen molar-refractivity contribution in [2.24, 2.45) is 5.92 Å². The number of nitrogens with zero attached hydrogens (tertiary/aromatic N) is 2. The summed E-state index contributed by atoms with van der Waals surface area (Å²) in [7, 11) is 0. The van der Waals surface area contributed by atoms with Crippen LogP contribution in [0.3, 0.4) is 0 Å². The average Bonchev–Trinajstić information content (AvgIpc) is 3.12. The van der Waals surface area contributed by atoms with Crippen LogP contribution in [0.4, 0.5) is 4.39 Å². The maximum Gasteiger partial charge on any atom is 0.223 e. The van der Waals surface area contributed by atoms with Crippen LogP contribution >= 0.6 is 0 Å². The van der Waals surface area contributed by atoms with Gasteiger partial charge in [-0.05, 0) is 36.5 Å². The monoisotopic (exact) mass is 287 g/mol. The van der Waals surface area contributed by atoms with Gasteiger partial charge in [-0.25, -0.2) is 9.37 Å². The maximum absolute atomic E-state index is 12.9. The van der Waals surface area contributed by atoms with E-state index in [0.717, 1.165) is 24.9 Å². The Morgan fingerprint density at radius 2 is 2.19 bits per heavy atom. The molecule has 2 unspecified atom stereocenters. The third-order valence-electron chi connectivity index (χ3n) is 3.88. The standard InChI is InChI=1S/C16H18FN3O/c17-13-4-2-12(3-5-13)14-10-15(14)16(21)19-6-1-8-20-9-7-18-11-20/h2-5,7,9,11,14-15H,1,6,8,10H2,(H,19,21). The molecule has 110 valence electrons. The maximum atomic E-state index is 12.9. The van der Waals surface area contributed by atoms with Crippen molar-refractivity contribution in [3.05, 3.63) is 54.4 Å². The predicted molar refractivity (Wildman–Crippen MR) is 77.1 cm³/mol. The van der Waals surface area contributed by atoms with Crippen molar-refractivity contribution in [1.82, 2.24) is 14.9 Å². The van der Waals surface area contributed by atoms with Gasteiger partial charge in [0.1, 0.15) is 5.82 Å². The Kier molecular flexibility index (Phi) is 3.99. The zero-order valence-electron chi connectivity index (χ0n) is 11.7. The Labute approximate surface area is 123 Å². The smallest absolute Gasteiger partial charge is 0.223 e. The van der Waals surface area contributed by atoms with Crippen LogP contribution in [0.2, 0.25) is 0 Å². The van der Waals surface area contributed by atoms with E-state index in [9.17, 15) is 9.18 Å². The first-order valence-corrected chi connectivity index (χ1v) is 7.23. The summed E-state index contributed by atoms with van der Waals surface area (Å²) in [5.41, 5.74) is 1.05. The Morgan fingerprint density at radius 3 is 2.90 bits per heavy atom. The molecule has 1 amide bonds. The summed E-state index contributed by atoms with van der Waals surface area (Å²) in [5, 5.41) is 2.97. The molecule has 0 bridgehead atoms. The molecule has 1 heterocycles. The van der Waals surface area contributed by atoms with Gasteiger partial charge in [0.2, 0.25) is 5.91 Å². The van der Waals surface area contributed by atoms with Gasteiger partial charge in [0.05, 0.1) is 6.33 Å². The summed E-state index contributed by atoms with van der Waals surface area (Å²) in [4.78, 5) is 16.0. The van der Waals surface area contributed by atoms with E-state index in [1.54, 1.807) is 24.7 Å². The Hall–Kier alpha value is -2.17. The molecule has 0 spiro atoms. The van der Waals surface area contributed by atoms with Gasteiger partial charge in [-0.1, -0.05) is 12.1 Å². The molecule has 2 aromatic rings. The second kappa shape index (κ2) is 6.08. The fourth-order valence-corrected chi connectivity index (χ4v) is 2.59. The molecule has 2 atom stereocenters. The minimum atomic E-state index is -0.236. The molecular weight excluding hydrogens is 269 g/mol. The van der Waals surface area contributed by atoms with Gasteiger partial charge in [-0.2, -0.15) is 0 Å². The number of amides is 1. The number of benzene rings is 1. The third-order valence-corrected chi connectivity index (χ3v) is 3.88. The van der Waals surface area contributed by atoms with Crippen molar-refractivity contribution in [3.63, 3.8) is 0 Å². The van der Waals surface area contributed by atoms with E-state index in [2.05, 4.69) is 10.3 Å².